The first-order valence-corrected chi connectivity index (χ1v) is 12.5. The largest absolute Gasteiger partial charge is 0.353 e. The lowest BCUT2D eigenvalue weighted by molar-refractivity contribution is -0.119. The molecule has 0 radical (unpaired) electrons. The Hall–Kier alpha value is -1.34. The molecule has 1 N–H and O–H groups in total. The van der Waals surface area contributed by atoms with Crippen molar-refractivity contribution < 1.29 is 4.79 Å². The van der Waals surface area contributed by atoms with Crippen LogP contribution in [0.2, 0.25) is 0 Å². The Morgan fingerprint density at radius 2 is 2.00 bits per heavy atom. The second-order valence-corrected chi connectivity index (χ2v) is 10.1. The Morgan fingerprint density at radius 1 is 1.21 bits per heavy atom. The van der Waals surface area contributed by atoms with Crippen LogP contribution in [0.15, 0.2) is 10.5 Å². The van der Waals surface area contributed by atoms with Gasteiger partial charge >= 0.3 is 0 Å². The summed E-state index contributed by atoms with van der Waals surface area (Å²) in [5.41, 5.74) is 2.72. The van der Waals surface area contributed by atoms with Gasteiger partial charge in [0.2, 0.25) is 5.91 Å². The van der Waals surface area contributed by atoms with Gasteiger partial charge in [0.05, 0.1) is 5.75 Å². The molecule has 2 aliphatic carbocycles. The Kier molecular flexibility index (Phi) is 6.41. The van der Waals surface area contributed by atoms with Gasteiger partial charge in [-0.15, -0.1) is 21.5 Å². The molecule has 0 atom stereocenters. The summed E-state index contributed by atoms with van der Waals surface area (Å²) in [6.07, 6.45) is 10.9. The summed E-state index contributed by atoms with van der Waals surface area (Å²) >= 11 is 3.37. The molecule has 2 aromatic heterocycles. The van der Waals surface area contributed by atoms with Crippen LogP contribution in [0, 0.1) is 0 Å². The Bertz CT molecular complexity index is 820. The highest BCUT2D eigenvalue weighted by Crippen LogP contribution is 2.37. The fourth-order valence-electron chi connectivity index (χ4n) is 4.35. The number of rotatable bonds is 6. The summed E-state index contributed by atoms with van der Waals surface area (Å²) in [4.78, 5) is 13.9. The highest BCUT2D eigenvalue weighted by Gasteiger charge is 2.24. The van der Waals surface area contributed by atoms with Crippen molar-refractivity contribution in [2.24, 2.45) is 0 Å². The fourth-order valence-corrected chi connectivity index (χ4v) is 6.36. The van der Waals surface area contributed by atoms with E-state index in [9.17, 15) is 4.79 Å². The van der Waals surface area contributed by atoms with Crippen molar-refractivity contribution >= 4 is 29.0 Å². The third kappa shape index (κ3) is 4.30. The zero-order valence-corrected chi connectivity index (χ0v) is 18.5. The molecule has 4 rings (SSSR count). The standard InChI is InChI=1S/C21H30N4OS2/c1-14(2)25-20(17-12-27-18-11-7-6-10-16(17)18)23-24-21(25)28-13-19(26)22-15-8-4-3-5-9-15/h12,14-15H,3-11,13H2,1-2H3,(H,22,26). The monoisotopic (exact) mass is 418 g/mol. The average molecular weight is 419 g/mol. The Balaban J connectivity index is 1.48. The maximum atomic E-state index is 12.4. The summed E-state index contributed by atoms with van der Waals surface area (Å²) in [7, 11) is 0. The molecule has 0 spiro atoms. The van der Waals surface area contributed by atoms with Gasteiger partial charge in [0, 0.05) is 27.9 Å². The van der Waals surface area contributed by atoms with Crippen LogP contribution in [0.1, 0.15) is 75.3 Å². The summed E-state index contributed by atoms with van der Waals surface area (Å²) in [5.74, 6) is 1.48. The molecule has 2 aromatic rings. The molecular weight excluding hydrogens is 388 g/mol. The van der Waals surface area contributed by atoms with Crippen molar-refractivity contribution in [1.29, 1.82) is 0 Å². The van der Waals surface area contributed by atoms with Crippen LogP contribution in [0.4, 0.5) is 0 Å². The van der Waals surface area contributed by atoms with Crippen molar-refractivity contribution in [3.05, 3.63) is 15.8 Å². The number of hydrogen-bond donors (Lipinski definition) is 1. The quantitative estimate of drug-likeness (QED) is 0.670. The maximum Gasteiger partial charge on any atom is 0.230 e. The normalized spacial score (nSPS) is 17.7. The van der Waals surface area contributed by atoms with Gasteiger partial charge in [0.25, 0.3) is 0 Å². The first-order chi connectivity index (χ1) is 13.6. The third-order valence-electron chi connectivity index (χ3n) is 5.79. The number of thiophene rings is 1. The van der Waals surface area contributed by atoms with Crippen LogP contribution in [0.5, 0.6) is 0 Å². The molecule has 1 fully saturated rings. The van der Waals surface area contributed by atoms with Crippen molar-refractivity contribution in [3.63, 3.8) is 0 Å². The number of aromatic nitrogens is 3. The maximum absolute atomic E-state index is 12.4. The van der Waals surface area contributed by atoms with E-state index in [4.69, 9.17) is 0 Å². The molecular formula is C21H30N4OS2. The second-order valence-electron chi connectivity index (χ2n) is 8.22. The number of aryl methyl sites for hydroxylation is 1. The van der Waals surface area contributed by atoms with Crippen LogP contribution >= 0.6 is 23.1 Å². The Morgan fingerprint density at radius 3 is 2.79 bits per heavy atom. The lowest BCUT2D eigenvalue weighted by Crippen LogP contribution is -2.37. The van der Waals surface area contributed by atoms with Gasteiger partial charge in [0.15, 0.2) is 11.0 Å². The second kappa shape index (κ2) is 8.99. The van der Waals surface area contributed by atoms with Gasteiger partial charge in [-0.1, -0.05) is 31.0 Å². The zero-order chi connectivity index (χ0) is 19.5. The third-order valence-corrected chi connectivity index (χ3v) is 7.82. The van der Waals surface area contributed by atoms with Crippen LogP contribution < -0.4 is 5.32 Å². The molecule has 2 heterocycles. The minimum absolute atomic E-state index is 0.115. The van der Waals surface area contributed by atoms with Crippen LogP contribution in [0.25, 0.3) is 11.4 Å². The number of hydrogen-bond acceptors (Lipinski definition) is 5. The van der Waals surface area contributed by atoms with E-state index in [1.54, 1.807) is 0 Å². The van der Waals surface area contributed by atoms with E-state index in [1.165, 1.54) is 66.3 Å². The predicted octanol–water partition coefficient (Wildman–Crippen LogP) is 5.01. The van der Waals surface area contributed by atoms with Crippen molar-refractivity contribution in [2.45, 2.75) is 88.9 Å². The highest BCUT2D eigenvalue weighted by atomic mass is 32.2. The summed E-state index contributed by atoms with van der Waals surface area (Å²) in [6, 6.07) is 0.616. The van der Waals surface area contributed by atoms with Gasteiger partial charge in [0.1, 0.15) is 0 Å². The molecule has 0 saturated heterocycles. The molecule has 0 bridgehead atoms. The van der Waals surface area contributed by atoms with E-state index in [1.807, 2.05) is 11.3 Å². The molecule has 5 nitrogen and oxygen atoms in total. The molecule has 152 valence electrons. The number of nitrogens with zero attached hydrogens (tertiary/aromatic N) is 3. The summed E-state index contributed by atoms with van der Waals surface area (Å²) in [6.45, 7) is 4.33. The number of amides is 1. The van der Waals surface area contributed by atoms with Gasteiger partial charge in [-0.2, -0.15) is 0 Å². The molecule has 28 heavy (non-hydrogen) atoms. The topological polar surface area (TPSA) is 59.8 Å². The molecule has 0 aromatic carbocycles. The van der Waals surface area contributed by atoms with E-state index in [-0.39, 0.29) is 11.9 Å². The predicted molar refractivity (Wildman–Crippen MR) is 116 cm³/mol. The van der Waals surface area contributed by atoms with Gasteiger partial charge < -0.3 is 5.32 Å². The van der Waals surface area contributed by atoms with Crippen LogP contribution in [-0.4, -0.2) is 32.5 Å². The number of carbonyl (C=O) groups is 1. The summed E-state index contributed by atoms with van der Waals surface area (Å²) < 4.78 is 2.20. The van der Waals surface area contributed by atoms with E-state index in [0.29, 0.717) is 11.8 Å². The van der Waals surface area contributed by atoms with Gasteiger partial charge in [-0.05, 0) is 57.9 Å². The van der Waals surface area contributed by atoms with Gasteiger partial charge in [-0.25, -0.2) is 0 Å². The lowest BCUT2D eigenvalue weighted by Gasteiger charge is -2.22. The lowest BCUT2D eigenvalue weighted by atomic mass is 9.95. The zero-order valence-electron chi connectivity index (χ0n) is 16.9. The van der Waals surface area contributed by atoms with Crippen molar-refractivity contribution in [2.75, 3.05) is 5.75 Å². The van der Waals surface area contributed by atoms with E-state index < -0.39 is 0 Å². The Labute approximate surface area is 175 Å². The molecule has 7 heteroatoms. The summed E-state index contributed by atoms with van der Waals surface area (Å²) in [5, 5.41) is 15.3. The molecule has 1 amide bonds. The van der Waals surface area contributed by atoms with Crippen molar-refractivity contribution in [3.8, 4) is 11.4 Å². The highest BCUT2D eigenvalue weighted by molar-refractivity contribution is 7.99. The van der Waals surface area contributed by atoms with Crippen LogP contribution in [0.3, 0.4) is 0 Å². The molecule has 0 unspecified atom stereocenters. The van der Waals surface area contributed by atoms with E-state index in [2.05, 4.69) is 39.3 Å². The minimum Gasteiger partial charge on any atom is -0.353 e. The molecule has 0 aliphatic heterocycles. The number of thioether (sulfide) groups is 1. The number of fused-ring (bicyclic) bond motifs is 1. The molecule has 1 saturated carbocycles. The average Bonchev–Trinajstić information content (AvgIpc) is 3.31. The van der Waals surface area contributed by atoms with E-state index in [0.717, 1.165) is 30.2 Å². The van der Waals surface area contributed by atoms with E-state index >= 15 is 0 Å². The first-order valence-electron chi connectivity index (χ1n) is 10.6. The minimum atomic E-state index is 0.115. The van der Waals surface area contributed by atoms with Gasteiger partial charge in [-0.3, -0.25) is 9.36 Å². The number of nitrogens with one attached hydrogen (secondary N) is 1. The fraction of sp³-hybridized carbons (Fsp3) is 0.667. The van der Waals surface area contributed by atoms with Crippen LogP contribution in [-0.2, 0) is 17.6 Å². The molecule has 2 aliphatic rings. The number of carbonyl (C=O) groups excluding carboxylic acids is 1. The SMILES string of the molecule is CC(C)n1c(SCC(=O)NC2CCCCC2)nnc1-c1csc2c1CCCC2. The smallest absolute Gasteiger partial charge is 0.230 e. The van der Waals surface area contributed by atoms with Crippen molar-refractivity contribution in [1.82, 2.24) is 20.1 Å². The first kappa shape index (κ1) is 20.0.